The van der Waals surface area contributed by atoms with E-state index in [4.69, 9.17) is 0 Å². The van der Waals surface area contributed by atoms with E-state index in [9.17, 15) is 4.89 Å². The lowest BCUT2D eigenvalue weighted by Gasteiger charge is -2.21. The second kappa shape index (κ2) is 6.14. The lowest BCUT2D eigenvalue weighted by atomic mass is 9.87. The fraction of sp³-hybridized carbons (Fsp3) is 0.400. The molecule has 0 fully saturated rings. The summed E-state index contributed by atoms with van der Waals surface area (Å²) in [4.78, 5) is 10.6. The first-order chi connectivity index (χ1) is 10.1. The summed E-state index contributed by atoms with van der Waals surface area (Å²) in [5.41, 5.74) is 2.88. The van der Waals surface area contributed by atoms with E-state index in [1.54, 1.807) is 0 Å². The third-order valence-corrected chi connectivity index (χ3v) is 5.53. The van der Waals surface area contributed by atoms with E-state index in [1.165, 1.54) is 11.1 Å². The Morgan fingerprint density at radius 3 is 1.14 bits per heavy atom. The van der Waals surface area contributed by atoms with Gasteiger partial charge in [-0.3, -0.25) is 0 Å². The van der Waals surface area contributed by atoms with Crippen molar-refractivity contribution in [2.75, 3.05) is 0 Å². The molecule has 0 unspecified atom stereocenters. The average molecular weight is 316 g/mol. The minimum Gasteiger partial charge on any atom is -0.364 e. The van der Waals surface area contributed by atoms with Gasteiger partial charge in [-0.15, -0.1) is 0 Å². The van der Waals surface area contributed by atoms with Gasteiger partial charge in [-0.2, -0.15) is 0 Å². The van der Waals surface area contributed by atoms with Crippen LogP contribution < -0.4 is 10.6 Å². The highest BCUT2D eigenvalue weighted by Crippen LogP contribution is 2.31. The van der Waals surface area contributed by atoms with Gasteiger partial charge >= 0.3 is 0 Å². The highest BCUT2D eigenvalue weighted by Gasteiger charge is 2.17. The molecule has 120 valence electrons. The molecular formula is C20H29OP. The summed E-state index contributed by atoms with van der Waals surface area (Å²) in [5.74, 6) is 0. The van der Waals surface area contributed by atoms with E-state index in [0.29, 0.717) is 0 Å². The molecular weight excluding hydrogens is 287 g/mol. The van der Waals surface area contributed by atoms with Crippen LogP contribution >= 0.6 is 8.15 Å². The average Bonchev–Trinajstić information content (AvgIpc) is 2.45. The van der Waals surface area contributed by atoms with Crippen LogP contribution in [0.2, 0.25) is 0 Å². The minimum atomic E-state index is -1.27. The predicted molar refractivity (Wildman–Crippen MR) is 101 cm³/mol. The molecule has 0 saturated heterocycles. The number of benzene rings is 2. The monoisotopic (exact) mass is 316 g/mol. The lowest BCUT2D eigenvalue weighted by molar-refractivity contribution is 0.590. The van der Waals surface area contributed by atoms with Crippen molar-refractivity contribution < 1.29 is 6.32 Å². The van der Waals surface area contributed by atoms with Gasteiger partial charge in [0.2, 0.25) is 0 Å². The standard InChI is InChI=1S/C20H27OP.H2/c1-19(2,3)15-7-11-17(12-8-15)22(21)18-13-9-16(10-14-18)20(4,5)6;/h7-14,21H,1-6H3;1H. The Labute approximate surface area is 137 Å². The van der Waals surface area contributed by atoms with E-state index in [2.05, 4.69) is 90.1 Å². The van der Waals surface area contributed by atoms with Gasteiger partial charge in [0.1, 0.15) is 0 Å². The molecule has 0 atom stereocenters. The molecule has 0 radical (unpaired) electrons. The second-order valence-electron chi connectivity index (χ2n) is 7.91. The predicted octanol–water partition coefficient (Wildman–Crippen LogP) is 4.87. The van der Waals surface area contributed by atoms with Crippen molar-refractivity contribution in [2.45, 2.75) is 52.4 Å². The first-order valence-electron chi connectivity index (χ1n) is 7.79. The summed E-state index contributed by atoms with van der Waals surface area (Å²) in [5, 5.41) is 2.01. The van der Waals surface area contributed by atoms with Gasteiger partial charge < -0.3 is 4.89 Å². The van der Waals surface area contributed by atoms with Crippen molar-refractivity contribution in [1.29, 1.82) is 0 Å². The van der Waals surface area contributed by atoms with Crippen molar-refractivity contribution in [2.24, 2.45) is 0 Å². The van der Waals surface area contributed by atoms with Gasteiger partial charge in [0, 0.05) is 12.0 Å². The molecule has 2 heteroatoms. The van der Waals surface area contributed by atoms with Gasteiger partial charge in [0.05, 0.1) is 8.15 Å². The van der Waals surface area contributed by atoms with Crippen LogP contribution in [0.4, 0.5) is 0 Å². The number of rotatable bonds is 2. The Morgan fingerprint density at radius 2 is 0.909 bits per heavy atom. The zero-order valence-corrected chi connectivity index (χ0v) is 15.4. The summed E-state index contributed by atoms with van der Waals surface area (Å²) in [7, 11) is -1.27. The molecule has 0 saturated carbocycles. The zero-order chi connectivity index (χ0) is 16.5. The number of hydrogen-bond donors (Lipinski definition) is 1. The summed E-state index contributed by atoms with van der Waals surface area (Å²) in [6.45, 7) is 13.2. The van der Waals surface area contributed by atoms with E-state index in [0.717, 1.165) is 10.6 Å². The summed E-state index contributed by atoms with van der Waals surface area (Å²) in [6.07, 6.45) is 0. The molecule has 1 nitrogen and oxygen atoms in total. The highest BCUT2D eigenvalue weighted by atomic mass is 31.1. The molecule has 0 heterocycles. The Bertz CT molecular complexity index is 561. The van der Waals surface area contributed by atoms with Gasteiger partial charge in [-0.25, -0.2) is 0 Å². The molecule has 2 rings (SSSR count). The molecule has 2 aromatic rings. The molecule has 2 aromatic carbocycles. The largest absolute Gasteiger partial charge is 0.364 e. The van der Waals surface area contributed by atoms with Crippen LogP contribution in [0.1, 0.15) is 54.1 Å². The fourth-order valence-electron chi connectivity index (χ4n) is 2.35. The Morgan fingerprint density at radius 1 is 0.636 bits per heavy atom. The van der Waals surface area contributed by atoms with Crippen LogP contribution in [0.5, 0.6) is 0 Å². The molecule has 0 aliphatic rings. The Kier molecular flexibility index (Phi) is 4.80. The molecule has 0 aliphatic heterocycles. The molecule has 0 amide bonds. The topological polar surface area (TPSA) is 20.2 Å². The molecule has 1 N–H and O–H groups in total. The lowest BCUT2D eigenvalue weighted by Crippen LogP contribution is -2.16. The number of hydrogen-bond acceptors (Lipinski definition) is 1. The van der Waals surface area contributed by atoms with Crippen molar-refractivity contribution >= 4 is 18.8 Å². The van der Waals surface area contributed by atoms with Crippen LogP contribution in [-0.4, -0.2) is 4.89 Å². The van der Waals surface area contributed by atoms with E-state index in [1.807, 2.05) is 0 Å². The smallest absolute Gasteiger partial charge is 0.0877 e. The SMILES string of the molecule is CC(C)(C)c1ccc(P(O)c2ccc(C(C)(C)C)cc2)cc1.[HH]. The van der Waals surface area contributed by atoms with Crippen molar-refractivity contribution in [3.8, 4) is 0 Å². The zero-order valence-electron chi connectivity index (χ0n) is 14.5. The highest BCUT2D eigenvalue weighted by molar-refractivity contribution is 7.67. The molecule has 0 aromatic heterocycles. The molecule has 22 heavy (non-hydrogen) atoms. The van der Waals surface area contributed by atoms with Crippen molar-refractivity contribution in [3.05, 3.63) is 59.7 Å². The van der Waals surface area contributed by atoms with Gasteiger partial charge in [-0.05, 0) is 22.0 Å². The second-order valence-corrected chi connectivity index (χ2v) is 9.56. The van der Waals surface area contributed by atoms with Gasteiger partial charge in [0.15, 0.2) is 0 Å². The van der Waals surface area contributed by atoms with Crippen LogP contribution in [0.25, 0.3) is 0 Å². The van der Waals surface area contributed by atoms with Crippen LogP contribution in [0.15, 0.2) is 48.5 Å². The maximum atomic E-state index is 10.6. The first-order valence-corrected chi connectivity index (χ1v) is 9.08. The molecule has 0 aliphatic carbocycles. The molecule has 0 bridgehead atoms. The fourth-order valence-corrected chi connectivity index (χ4v) is 3.52. The molecule has 0 spiro atoms. The summed E-state index contributed by atoms with van der Waals surface area (Å²) < 4.78 is 0. The Hall–Kier alpha value is -1.17. The normalized spacial score (nSPS) is 12.7. The van der Waals surface area contributed by atoms with Gasteiger partial charge in [0.25, 0.3) is 0 Å². The maximum absolute atomic E-state index is 10.6. The minimum absolute atomic E-state index is 0. The van der Waals surface area contributed by atoms with Crippen LogP contribution in [-0.2, 0) is 10.8 Å². The van der Waals surface area contributed by atoms with Crippen LogP contribution in [0.3, 0.4) is 0 Å². The summed E-state index contributed by atoms with van der Waals surface area (Å²) in [6, 6.07) is 16.8. The van der Waals surface area contributed by atoms with Crippen molar-refractivity contribution in [3.63, 3.8) is 0 Å². The van der Waals surface area contributed by atoms with Crippen molar-refractivity contribution in [1.82, 2.24) is 0 Å². The third kappa shape index (κ3) is 3.97. The Balaban J connectivity index is 0.00000264. The van der Waals surface area contributed by atoms with E-state index >= 15 is 0 Å². The summed E-state index contributed by atoms with van der Waals surface area (Å²) >= 11 is 0. The van der Waals surface area contributed by atoms with Gasteiger partial charge in [-0.1, -0.05) is 90.1 Å². The first kappa shape index (κ1) is 17.2. The van der Waals surface area contributed by atoms with Crippen LogP contribution in [0, 0.1) is 0 Å². The quantitative estimate of drug-likeness (QED) is 0.784. The maximum Gasteiger partial charge on any atom is 0.0877 e. The van der Waals surface area contributed by atoms with E-state index in [-0.39, 0.29) is 12.3 Å². The third-order valence-electron chi connectivity index (χ3n) is 3.96. The van der Waals surface area contributed by atoms with E-state index < -0.39 is 8.15 Å².